The summed E-state index contributed by atoms with van der Waals surface area (Å²) in [6.07, 6.45) is 1.62. The van der Waals surface area contributed by atoms with Crippen LogP contribution in [-0.2, 0) is 11.3 Å². The molecule has 0 saturated carbocycles. The van der Waals surface area contributed by atoms with Crippen LogP contribution in [0.4, 0.5) is 4.39 Å². The minimum absolute atomic E-state index is 0.0971. The number of nitrogens with zero attached hydrogens (tertiary/aromatic N) is 1. The van der Waals surface area contributed by atoms with E-state index < -0.39 is 5.97 Å². The molecule has 1 N–H and O–H groups in total. The fourth-order valence-electron chi connectivity index (χ4n) is 1.52. The molecule has 1 aromatic carbocycles. The van der Waals surface area contributed by atoms with Gasteiger partial charge in [-0.25, -0.2) is 4.39 Å². The standard InChI is InChI=1S/C12H13BrFNO2/c1-2-3-15(8-12(16)17)7-9-4-10(13)6-11(14)5-9/h2,4-6H,1,3,7-8H2,(H,16,17). The first-order valence-corrected chi connectivity index (χ1v) is 5.80. The summed E-state index contributed by atoms with van der Waals surface area (Å²) in [4.78, 5) is 12.3. The van der Waals surface area contributed by atoms with Gasteiger partial charge in [-0.3, -0.25) is 9.69 Å². The van der Waals surface area contributed by atoms with Crippen molar-refractivity contribution in [3.63, 3.8) is 0 Å². The summed E-state index contributed by atoms with van der Waals surface area (Å²) < 4.78 is 13.8. The molecule has 3 nitrogen and oxygen atoms in total. The summed E-state index contributed by atoms with van der Waals surface area (Å²) in [7, 11) is 0. The molecule has 5 heteroatoms. The third-order valence-electron chi connectivity index (χ3n) is 2.07. The average molecular weight is 302 g/mol. The van der Waals surface area contributed by atoms with E-state index in [1.165, 1.54) is 12.1 Å². The zero-order valence-electron chi connectivity index (χ0n) is 9.20. The average Bonchev–Trinajstić information content (AvgIpc) is 2.14. The van der Waals surface area contributed by atoms with Crippen molar-refractivity contribution in [3.8, 4) is 0 Å². The van der Waals surface area contributed by atoms with Crippen LogP contribution in [-0.4, -0.2) is 29.1 Å². The summed E-state index contributed by atoms with van der Waals surface area (Å²) in [5.74, 6) is -1.26. The Hall–Kier alpha value is -1.20. The molecule has 0 atom stereocenters. The van der Waals surface area contributed by atoms with E-state index in [-0.39, 0.29) is 12.4 Å². The molecule has 0 saturated heterocycles. The van der Waals surface area contributed by atoms with Gasteiger partial charge in [-0.1, -0.05) is 22.0 Å². The maximum absolute atomic E-state index is 13.1. The minimum Gasteiger partial charge on any atom is -0.480 e. The summed E-state index contributed by atoms with van der Waals surface area (Å²) in [5.41, 5.74) is 0.722. The number of benzene rings is 1. The number of hydrogen-bond acceptors (Lipinski definition) is 2. The molecule has 0 amide bonds. The fraction of sp³-hybridized carbons (Fsp3) is 0.250. The van der Waals surface area contributed by atoms with Crippen molar-refractivity contribution in [2.24, 2.45) is 0 Å². The Morgan fingerprint density at radius 3 is 2.76 bits per heavy atom. The number of rotatable bonds is 6. The molecule has 0 aliphatic heterocycles. The number of hydrogen-bond donors (Lipinski definition) is 1. The highest BCUT2D eigenvalue weighted by Gasteiger charge is 2.09. The minimum atomic E-state index is -0.915. The molecule has 0 spiro atoms. The molecule has 1 aromatic rings. The third-order valence-corrected chi connectivity index (χ3v) is 2.53. The Morgan fingerprint density at radius 2 is 2.24 bits per heavy atom. The van der Waals surface area contributed by atoms with Gasteiger partial charge < -0.3 is 5.11 Å². The van der Waals surface area contributed by atoms with Gasteiger partial charge in [0.15, 0.2) is 0 Å². The zero-order chi connectivity index (χ0) is 12.8. The summed E-state index contributed by atoms with van der Waals surface area (Å²) in [5, 5.41) is 8.74. The first-order valence-electron chi connectivity index (χ1n) is 5.01. The Morgan fingerprint density at radius 1 is 1.53 bits per heavy atom. The molecular weight excluding hydrogens is 289 g/mol. The maximum Gasteiger partial charge on any atom is 0.317 e. The number of carbonyl (C=O) groups is 1. The molecule has 0 aliphatic rings. The first kappa shape index (κ1) is 13.9. The summed E-state index contributed by atoms with van der Waals surface area (Å²) >= 11 is 3.20. The van der Waals surface area contributed by atoms with E-state index >= 15 is 0 Å². The van der Waals surface area contributed by atoms with Gasteiger partial charge in [0, 0.05) is 17.6 Å². The Kier molecular flexibility index (Phi) is 5.31. The molecule has 0 aliphatic carbocycles. The highest BCUT2D eigenvalue weighted by atomic mass is 79.9. The van der Waals surface area contributed by atoms with Gasteiger partial charge in [0.2, 0.25) is 0 Å². The van der Waals surface area contributed by atoms with E-state index in [4.69, 9.17) is 5.11 Å². The van der Waals surface area contributed by atoms with Gasteiger partial charge in [0.25, 0.3) is 0 Å². The van der Waals surface area contributed by atoms with Crippen LogP contribution in [0.1, 0.15) is 5.56 Å². The predicted molar refractivity (Wildman–Crippen MR) is 67.2 cm³/mol. The monoisotopic (exact) mass is 301 g/mol. The second-order valence-corrected chi connectivity index (χ2v) is 4.55. The lowest BCUT2D eigenvalue weighted by Crippen LogP contribution is -2.29. The number of aliphatic carboxylic acids is 1. The van der Waals surface area contributed by atoms with Crippen molar-refractivity contribution in [1.82, 2.24) is 4.90 Å². The molecule has 0 radical (unpaired) electrons. The third kappa shape index (κ3) is 5.10. The number of halogens is 2. The van der Waals surface area contributed by atoms with Crippen molar-refractivity contribution in [2.45, 2.75) is 6.54 Å². The fourth-order valence-corrected chi connectivity index (χ4v) is 2.03. The van der Waals surface area contributed by atoms with Crippen LogP contribution in [0.25, 0.3) is 0 Å². The quantitative estimate of drug-likeness (QED) is 0.821. The number of carboxylic acids is 1. The van der Waals surface area contributed by atoms with E-state index in [9.17, 15) is 9.18 Å². The lowest BCUT2D eigenvalue weighted by atomic mass is 10.2. The Balaban J connectivity index is 2.77. The lowest BCUT2D eigenvalue weighted by molar-refractivity contribution is -0.138. The van der Waals surface area contributed by atoms with Crippen LogP contribution in [0.3, 0.4) is 0 Å². The van der Waals surface area contributed by atoms with Gasteiger partial charge in [-0.05, 0) is 23.8 Å². The smallest absolute Gasteiger partial charge is 0.317 e. The normalized spacial score (nSPS) is 10.5. The van der Waals surface area contributed by atoms with Gasteiger partial charge >= 0.3 is 5.97 Å². The second-order valence-electron chi connectivity index (χ2n) is 3.63. The molecule has 0 unspecified atom stereocenters. The van der Waals surface area contributed by atoms with Crippen molar-refractivity contribution >= 4 is 21.9 Å². The van der Waals surface area contributed by atoms with Crippen LogP contribution in [0.15, 0.2) is 35.3 Å². The first-order chi connectivity index (χ1) is 8.01. The SMILES string of the molecule is C=CCN(CC(=O)O)Cc1cc(F)cc(Br)c1. The Bertz CT molecular complexity index is 403. The van der Waals surface area contributed by atoms with Crippen molar-refractivity contribution in [3.05, 3.63) is 46.7 Å². The molecule has 0 bridgehead atoms. The zero-order valence-corrected chi connectivity index (χ0v) is 10.8. The van der Waals surface area contributed by atoms with Crippen molar-refractivity contribution in [1.29, 1.82) is 0 Å². The van der Waals surface area contributed by atoms with Crippen LogP contribution in [0.2, 0.25) is 0 Å². The molecule has 0 heterocycles. The van der Waals surface area contributed by atoms with E-state index in [1.54, 1.807) is 17.0 Å². The van der Waals surface area contributed by atoms with Gasteiger partial charge in [0.05, 0.1) is 6.54 Å². The van der Waals surface area contributed by atoms with Gasteiger partial charge in [-0.15, -0.1) is 6.58 Å². The van der Waals surface area contributed by atoms with Gasteiger partial charge in [0.1, 0.15) is 5.82 Å². The van der Waals surface area contributed by atoms with E-state index in [0.717, 1.165) is 5.56 Å². The van der Waals surface area contributed by atoms with Crippen LogP contribution >= 0.6 is 15.9 Å². The predicted octanol–water partition coefficient (Wildman–Crippen LogP) is 2.66. The van der Waals surface area contributed by atoms with Crippen molar-refractivity contribution < 1.29 is 14.3 Å². The molecule has 0 aromatic heterocycles. The van der Waals surface area contributed by atoms with Crippen LogP contribution in [0, 0.1) is 5.82 Å². The van der Waals surface area contributed by atoms with E-state index in [2.05, 4.69) is 22.5 Å². The number of carboxylic acid groups (broad SMARTS) is 1. The topological polar surface area (TPSA) is 40.5 Å². The van der Waals surface area contributed by atoms with E-state index in [0.29, 0.717) is 17.6 Å². The lowest BCUT2D eigenvalue weighted by Gasteiger charge is -2.18. The van der Waals surface area contributed by atoms with Crippen LogP contribution < -0.4 is 0 Å². The Labute approximate surface area is 108 Å². The largest absolute Gasteiger partial charge is 0.480 e. The molecule has 92 valence electrons. The second kappa shape index (κ2) is 6.51. The molecule has 0 fully saturated rings. The highest BCUT2D eigenvalue weighted by Crippen LogP contribution is 2.16. The molecule has 1 rings (SSSR count). The molecule has 17 heavy (non-hydrogen) atoms. The van der Waals surface area contributed by atoms with Crippen LogP contribution in [0.5, 0.6) is 0 Å². The highest BCUT2D eigenvalue weighted by molar-refractivity contribution is 9.10. The van der Waals surface area contributed by atoms with Crippen molar-refractivity contribution in [2.75, 3.05) is 13.1 Å². The summed E-state index contributed by atoms with van der Waals surface area (Å²) in [6.45, 7) is 4.28. The maximum atomic E-state index is 13.1. The van der Waals surface area contributed by atoms with Gasteiger partial charge in [-0.2, -0.15) is 0 Å². The molecular formula is C12H13BrFNO2. The summed E-state index contributed by atoms with van der Waals surface area (Å²) in [6, 6.07) is 4.52. The van der Waals surface area contributed by atoms with E-state index in [1.807, 2.05) is 0 Å².